The lowest BCUT2D eigenvalue weighted by atomic mass is 10.1. The first-order valence-electron chi connectivity index (χ1n) is 4.56. The molecule has 2 amide bonds. The predicted octanol–water partition coefficient (Wildman–Crippen LogP) is 1.92. The summed E-state index contributed by atoms with van der Waals surface area (Å²) < 4.78 is 0. The van der Waals surface area contributed by atoms with Gasteiger partial charge in [-0.05, 0) is 23.9 Å². The van der Waals surface area contributed by atoms with Crippen molar-refractivity contribution in [3.63, 3.8) is 0 Å². The highest BCUT2D eigenvalue weighted by Crippen LogP contribution is 2.28. The Morgan fingerprint density at radius 2 is 2.00 bits per heavy atom. The van der Waals surface area contributed by atoms with Crippen LogP contribution in [0.3, 0.4) is 0 Å². The number of para-hydroxylation sites is 1. The minimum absolute atomic E-state index is 0.104. The van der Waals surface area contributed by atoms with Crippen molar-refractivity contribution in [2.24, 2.45) is 0 Å². The van der Waals surface area contributed by atoms with E-state index in [0.717, 1.165) is 11.8 Å². The highest BCUT2D eigenvalue weighted by atomic mass is 32.2. The van der Waals surface area contributed by atoms with Gasteiger partial charge in [-0.2, -0.15) is 0 Å². The fourth-order valence-corrected chi connectivity index (χ4v) is 2.01. The molecule has 0 atom stereocenters. The van der Waals surface area contributed by atoms with Gasteiger partial charge in [0, 0.05) is 6.07 Å². The van der Waals surface area contributed by atoms with Gasteiger partial charge >= 0.3 is 0 Å². The van der Waals surface area contributed by atoms with Crippen molar-refractivity contribution >= 4 is 34.7 Å². The van der Waals surface area contributed by atoms with Crippen molar-refractivity contribution in [1.82, 2.24) is 5.32 Å². The molecule has 1 aromatic carbocycles. The smallest absolute Gasteiger partial charge is 0.282 e. The first-order chi connectivity index (χ1) is 8.08. The molecule has 0 aliphatic carbocycles. The molecule has 6 nitrogen and oxygen atoms in total. The van der Waals surface area contributed by atoms with Gasteiger partial charge in [-0.1, -0.05) is 12.1 Å². The predicted molar refractivity (Wildman–Crippen MR) is 62.2 cm³/mol. The van der Waals surface area contributed by atoms with E-state index in [-0.39, 0.29) is 10.6 Å². The monoisotopic (exact) mass is 250 g/mol. The third kappa shape index (κ3) is 2.34. The molecular weight excluding hydrogens is 244 g/mol. The van der Waals surface area contributed by atoms with Crippen molar-refractivity contribution in [3.05, 3.63) is 44.8 Å². The number of hydrogen-bond acceptors (Lipinski definition) is 5. The third-order valence-electron chi connectivity index (χ3n) is 2.06. The van der Waals surface area contributed by atoms with E-state index in [2.05, 4.69) is 5.32 Å². The Hall–Kier alpha value is -2.15. The minimum atomic E-state index is -0.536. The maximum absolute atomic E-state index is 11.3. The fraction of sp³-hybridized carbons (Fsp3) is 0. The van der Waals surface area contributed by atoms with Gasteiger partial charge in [0.2, 0.25) is 0 Å². The molecule has 0 radical (unpaired) electrons. The Kier molecular flexibility index (Phi) is 2.92. The van der Waals surface area contributed by atoms with Gasteiger partial charge in [0.05, 0.1) is 15.4 Å². The van der Waals surface area contributed by atoms with Crippen molar-refractivity contribution in [3.8, 4) is 0 Å². The average Bonchev–Trinajstić information content (AvgIpc) is 2.58. The molecule has 2 rings (SSSR count). The summed E-state index contributed by atoms with van der Waals surface area (Å²) in [6, 6.07) is 6.01. The van der Waals surface area contributed by atoms with Gasteiger partial charge in [-0.3, -0.25) is 25.0 Å². The normalized spacial score (nSPS) is 17.3. The van der Waals surface area contributed by atoms with E-state index in [0.29, 0.717) is 5.56 Å². The Morgan fingerprint density at radius 3 is 2.59 bits per heavy atom. The number of nitrogens with one attached hydrogen (secondary N) is 1. The number of hydrogen-bond donors (Lipinski definition) is 1. The zero-order valence-corrected chi connectivity index (χ0v) is 9.19. The lowest BCUT2D eigenvalue weighted by Crippen LogP contribution is -2.17. The maximum atomic E-state index is 11.3. The van der Waals surface area contributed by atoms with E-state index in [1.165, 1.54) is 24.3 Å². The van der Waals surface area contributed by atoms with Crippen LogP contribution < -0.4 is 5.32 Å². The molecule has 1 fully saturated rings. The highest BCUT2D eigenvalue weighted by Gasteiger charge is 2.26. The number of nitrogens with zero attached hydrogens (tertiary/aromatic N) is 1. The van der Waals surface area contributed by atoms with Crippen molar-refractivity contribution in [2.45, 2.75) is 0 Å². The molecule has 1 N–H and O–H groups in total. The first kappa shape index (κ1) is 11.3. The fourth-order valence-electron chi connectivity index (χ4n) is 1.34. The molecule has 1 aromatic rings. The molecule has 86 valence electrons. The summed E-state index contributed by atoms with van der Waals surface area (Å²) in [6.07, 6.45) is 1.34. The number of benzene rings is 1. The number of amides is 2. The molecule has 1 saturated heterocycles. The molecule has 1 aliphatic rings. The van der Waals surface area contributed by atoms with Crippen molar-refractivity contribution in [1.29, 1.82) is 0 Å². The number of rotatable bonds is 2. The Labute approximate surface area is 99.8 Å². The number of carbonyl (C=O) groups is 2. The van der Waals surface area contributed by atoms with Crippen LogP contribution >= 0.6 is 11.8 Å². The van der Waals surface area contributed by atoms with Crippen LogP contribution in [0.25, 0.3) is 6.08 Å². The van der Waals surface area contributed by atoms with Crippen molar-refractivity contribution in [2.75, 3.05) is 0 Å². The van der Waals surface area contributed by atoms with Gasteiger partial charge in [0.25, 0.3) is 16.8 Å². The summed E-state index contributed by atoms with van der Waals surface area (Å²) in [4.78, 5) is 32.6. The van der Waals surface area contributed by atoms with Gasteiger partial charge < -0.3 is 0 Å². The summed E-state index contributed by atoms with van der Waals surface area (Å²) >= 11 is 0.728. The Balaban J connectivity index is 2.42. The molecule has 0 saturated carbocycles. The van der Waals surface area contributed by atoms with Crippen LogP contribution in [0.4, 0.5) is 10.5 Å². The van der Waals surface area contributed by atoms with E-state index >= 15 is 0 Å². The number of carbonyl (C=O) groups excluding carboxylic acids is 2. The molecule has 0 unspecified atom stereocenters. The van der Waals surface area contributed by atoms with Crippen LogP contribution in [0.2, 0.25) is 0 Å². The van der Waals surface area contributed by atoms with Crippen LogP contribution in [0.5, 0.6) is 0 Å². The van der Waals surface area contributed by atoms with Crippen LogP contribution in [0.1, 0.15) is 5.56 Å². The standard InChI is InChI=1S/C10H6N2O4S/c13-9-8(17-10(14)11-9)5-6-3-1-2-4-7(6)12(15)16/h1-5H,(H,11,13,14). The summed E-state index contributed by atoms with van der Waals surface area (Å²) in [5.41, 5.74) is 0.192. The van der Waals surface area contributed by atoms with E-state index in [1.807, 2.05) is 0 Å². The first-order valence-corrected chi connectivity index (χ1v) is 5.38. The van der Waals surface area contributed by atoms with Gasteiger partial charge in [-0.15, -0.1) is 0 Å². The molecule has 0 spiro atoms. The summed E-state index contributed by atoms with van der Waals surface area (Å²) in [5, 5.41) is 12.4. The Bertz CT molecular complexity index is 553. The lowest BCUT2D eigenvalue weighted by Gasteiger charge is -1.97. The van der Waals surface area contributed by atoms with E-state index < -0.39 is 16.1 Å². The minimum Gasteiger partial charge on any atom is -0.282 e. The van der Waals surface area contributed by atoms with Crippen LogP contribution in [-0.4, -0.2) is 16.1 Å². The highest BCUT2D eigenvalue weighted by molar-refractivity contribution is 8.18. The molecule has 1 aliphatic heterocycles. The van der Waals surface area contributed by atoms with E-state index in [9.17, 15) is 19.7 Å². The topological polar surface area (TPSA) is 89.3 Å². The third-order valence-corrected chi connectivity index (χ3v) is 2.87. The van der Waals surface area contributed by atoms with Gasteiger partial charge in [0.15, 0.2) is 0 Å². The molecule has 17 heavy (non-hydrogen) atoms. The lowest BCUT2D eigenvalue weighted by molar-refractivity contribution is -0.385. The Morgan fingerprint density at radius 1 is 1.29 bits per heavy atom. The number of nitro groups is 1. The molecule has 1 heterocycles. The number of thioether (sulfide) groups is 1. The maximum Gasteiger partial charge on any atom is 0.290 e. The van der Waals surface area contributed by atoms with Gasteiger partial charge in [0.1, 0.15) is 0 Å². The van der Waals surface area contributed by atoms with Crippen molar-refractivity contribution < 1.29 is 14.5 Å². The summed E-state index contributed by atoms with van der Waals surface area (Å²) in [6.45, 7) is 0. The largest absolute Gasteiger partial charge is 0.290 e. The SMILES string of the molecule is O=C1NC(=O)C(=Cc2ccccc2[N+](=O)[O-])S1. The van der Waals surface area contributed by atoms with E-state index in [1.54, 1.807) is 6.07 Å². The second kappa shape index (κ2) is 4.38. The zero-order chi connectivity index (χ0) is 12.4. The average molecular weight is 250 g/mol. The summed E-state index contributed by atoms with van der Waals surface area (Å²) in [5.74, 6) is -0.529. The zero-order valence-electron chi connectivity index (χ0n) is 8.38. The molecule has 0 bridgehead atoms. The van der Waals surface area contributed by atoms with Crippen LogP contribution in [-0.2, 0) is 4.79 Å². The van der Waals surface area contributed by atoms with E-state index in [4.69, 9.17) is 0 Å². The van der Waals surface area contributed by atoms with Gasteiger partial charge in [-0.25, -0.2) is 0 Å². The van der Waals surface area contributed by atoms with Crippen LogP contribution in [0.15, 0.2) is 29.2 Å². The van der Waals surface area contributed by atoms with Crippen LogP contribution in [0, 0.1) is 10.1 Å². The number of nitro benzene ring substituents is 1. The quantitative estimate of drug-likeness (QED) is 0.492. The molecule has 0 aromatic heterocycles. The molecule has 7 heteroatoms. The summed E-state index contributed by atoms with van der Waals surface area (Å²) in [7, 11) is 0. The number of imide groups is 1. The molecular formula is C10H6N2O4S. The second-order valence-electron chi connectivity index (χ2n) is 3.17. The second-order valence-corrected chi connectivity index (χ2v) is 4.18.